The van der Waals surface area contributed by atoms with E-state index in [0.717, 1.165) is 22.9 Å². The predicted octanol–water partition coefficient (Wildman–Crippen LogP) is 3.59. The number of ether oxygens (including phenoxy) is 1. The van der Waals surface area contributed by atoms with Gasteiger partial charge in [-0.15, -0.1) is 11.3 Å². The maximum atomic E-state index is 13.1. The van der Waals surface area contributed by atoms with E-state index in [-0.39, 0.29) is 17.9 Å². The van der Waals surface area contributed by atoms with Crippen molar-refractivity contribution < 1.29 is 19.4 Å². The molecule has 2 aliphatic rings. The van der Waals surface area contributed by atoms with Gasteiger partial charge in [0.05, 0.1) is 30.0 Å². The molecule has 2 aromatic heterocycles. The maximum Gasteiger partial charge on any atom is 0.296 e. The number of benzene rings is 1. The van der Waals surface area contributed by atoms with E-state index >= 15 is 0 Å². The number of likely N-dealkylation sites (N-methyl/N-ethyl adjacent to an activating group) is 1. The number of anilines is 1. The quantitative estimate of drug-likeness (QED) is 0.374. The molecule has 0 bridgehead atoms. The number of fused-ring (bicyclic) bond motifs is 1. The van der Waals surface area contributed by atoms with E-state index in [0.29, 0.717) is 17.9 Å². The van der Waals surface area contributed by atoms with Crippen LogP contribution in [0.15, 0.2) is 65.7 Å². The normalized spacial score (nSPS) is 19.7. The van der Waals surface area contributed by atoms with E-state index in [9.17, 15) is 14.7 Å². The van der Waals surface area contributed by atoms with Crippen LogP contribution < -0.4 is 9.64 Å². The number of aliphatic hydroxyl groups excluding tert-OH is 1. The Balaban J connectivity index is 1.61. The van der Waals surface area contributed by atoms with Gasteiger partial charge in [0.15, 0.2) is 0 Å². The summed E-state index contributed by atoms with van der Waals surface area (Å²) in [4.78, 5) is 34.8. The molecule has 1 N–H and O–H groups in total. The highest BCUT2D eigenvalue weighted by molar-refractivity contribution is 7.10. The number of nitrogens with zero attached hydrogens (tertiary/aromatic N) is 3. The Hall–Kier alpha value is -3.65. The number of aliphatic hydroxyl groups is 1. The van der Waals surface area contributed by atoms with E-state index in [1.54, 1.807) is 30.5 Å². The largest absolute Gasteiger partial charge is 0.507 e. The van der Waals surface area contributed by atoms with Crippen LogP contribution in [0.5, 0.6) is 5.75 Å². The van der Waals surface area contributed by atoms with Crippen molar-refractivity contribution in [3.8, 4) is 5.75 Å². The van der Waals surface area contributed by atoms with Gasteiger partial charge in [0.25, 0.3) is 11.7 Å². The molecule has 4 heterocycles. The third-order valence-electron chi connectivity index (χ3n) is 5.74. The van der Waals surface area contributed by atoms with Crippen molar-refractivity contribution in [3.63, 3.8) is 0 Å². The van der Waals surface area contributed by atoms with Crippen LogP contribution >= 0.6 is 11.3 Å². The number of ketones is 1. The second-order valence-electron chi connectivity index (χ2n) is 7.72. The fourth-order valence-electron chi connectivity index (χ4n) is 4.11. The maximum absolute atomic E-state index is 13.1. The summed E-state index contributed by atoms with van der Waals surface area (Å²) in [6.45, 7) is 1.48. The molecule has 162 valence electrons. The van der Waals surface area contributed by atoms with Crippen LogP contribution in [0.4, 0.5) is 5.69 Å². The number of hydrogen-bond acceptors (Lipinski definition) is 7. The minimum Gasteiger partial charge on any atom is -0.507 e. The van der Waals surface area contributed by atoms with Crippen molar-refractivity contribution >= 4 is 34.5 Å². The van der Waals surface area contributed by atoms with Crippen LogP contribution in [0.25, 0.3) is 5.76 Å². The molecule has 1 unspecified atom stereocenters. The molecule has 5 rings (SSSR count). The van der Waals surface area contributed by atoms with E-state index in [1.807, 2.05) is 41.6 Å². The third-order valence-corrected chi connectivity index (χ3v) is 6.66. The molecule has 3 aromatic rings. The molecule has 8 heteroatoms. The standard InChI is InChI=1S/C24H21N3O4S/c1-26-10-11-31-18-8-7-15(13-17(18)26)22(28)20-21(19-6-4-12-32-19)27(24(30)23(20)29)14-16-5-2-3-9-25-16/h2-9,12-13,21,28H,10-11,14H2,1H3/b22-20-. The first-order chi connectivity index (χ1) is 15.5. The Kier molecular flexibility index (Phi) is 5.14. The molecule has 1 amide bonds. The lowest BCUT2D eigenvalue weighted by Crippen LogP contribution is -2.29. The highest BCUT2D eigenvalue weighted by Crippen LogP contribution is 2.42. The van der Waals surface area contributed by atoms with Crippen LogP contribution in [-0.2, 0) is 16.1 Å². The summed E-state index contributed by atoms with van der Waals surface area (Å²) in [6, 6.07) is 13.8. The number of Topliss-reactive ketones (excluding diaryl/α,β-unsaturated/α-hetero) is 1. The molecular formula is C24H21N3O4S. The van der Waals surface area contributed by atoms with Gasteiger partial charge in [-0.3, -0.25) is 14.6 Å². The number of amides is 1. The number of hydrogen-bond donors (Lipinski definition) is 1. The molecule has 0 spiro atoms. The van der Waals surface area contributed by atoms with Crippen molar-refractivity contribution in [1.82, 2.24) is 9.88 Å². The Morgan fingerprint density at radius 1 is 1.22 bits per heavy atom. The highest BCUT2D eigenvalue weighted by Gasteiger charge is 2.46. The first-order valence-corrected chi connectivity index (χ1v) is 11.1. The van der Waals surface area contributed by atoms with Crippen molar-refractivity contribution in [1.29, 1.82) is 0 Å². The van der Waals surface area contributed by atoms with Gasteiger partial charge in [0.2, 0.25) is 0 Å². The fourth-order valence-corrected chi connectivity index (χ4v) is 4.95. The lowest BCUT2D eigenvalue weighted by Gasteiger charge is -2.28. The summed E-state index contributed by atoms with van der Waals surface area (Å²) >= 11 is 1.44. The van der Waals surface area contributed by atoms with E-state index in [1.165, 1.54) is 16.2 Å². The first kappa shape index (κ1) is 20.3. The monoisotopic (exact) mass is 447 g/mol. The number of pyridine rings is 1. The van der Waals surface area contributed by atoms with Gasteiger partial charge >= 0.3 is 0 Å². The molecule has 1 atom stereocenters. The fraction of sp³-hybridized carbons (Fsp3) is 0.208. The number of aromatic nitrogens is 1. The first-order valence-electron chi connectivity index (χ1n) is 10.2. The third kappa shape index (κ3) is 3.42. The van der Waals surface area contributed by atoms with Crippen molar-refractivity contribution in [3.05, 3.63) is 81.8 Å². The van der Waals surface area contributed by atoms with Crippen molar-refractivity contribution in [2.45, 2.75) is 12.6 Å². The Bertz CT molecular complexity index is 1210. The van der Waals surface area contributed by atoms with Gasteiger partial charge < -0.3 is 19.6 Å². The van der Waals surface area contributed by atoms with Crippen LogP contribution in [-0.4, -0.2) is 46.9 Å². The molecule has 1 aromatic carbocycles. The minimum atomic E-state index is -0.695. The van der Waals surface area contributed by atoms with Crippen LogP contribution in [0, 0.1) is 0 Å². The number of carbonyl (C=O) groups is 2. The number of likely N-dealkylation sites (tertiary alicyclic amines) is 1. The highest BCUT2D eigenvalue weighted by atomic mass is 32.1. The zero-order valence-electron chi connectivity index (χ0n) is 17.4. The van der Waals surface area contributed by atoms with Gasteiger partial charge in [-0.2, -0.15) is 0 Å². The Morgan fingerprint density at radius 2 is 2.09 bits per heavy atom. The summed E-state index contributed by atoms with van der Waals surface area (Å²) < 4.78 is 5.68. The Labute approximate surface area is 189 Å². The SMILES string of the molecule is CN1CCOc2ccc(/C(O)=C3/C(=O)C(=O)N(Cc4ccccn4)C3c3cccs3)cc21. The van der Waals surface area contributed by atoms with Crippen LogP contribution in [0.3, 0.4) is 0 Å². The molecule has 2 aliphatic heterocycles. The molecule has 1 fully saturated rings. The average molecular weight is 448 g/mol. The molecule has 32 heavy (non-hydrogen) atoms. The number of thiophene rings is 1. The summed E-state index contributed by atoms with van der Waals surface area (Å²) in [5.41, 5.74) is 2.06. The Morgan fingerprint density at radius 3 is 2.84 bits per heavy atom. The van der Waals surface area contributed by atoms with E-state index < -0.39 is 17.7 Å². The molecule has 1 saturated heterocycles. The lowest BCUT2D eigenvalue weighted by molar-refractivity contribution is -0.140. The van der Waals surface area contributed by atoms with Crippen molar-refractivity contribution in [2.75, 3.05) is 25.1 Å². The molecule has 0 saturated carbocycles. The molecule has 0 aliphatic carbocycles. The van der Waals surface area contributed by atoms with Crippen LogP contribution in [0.1, 0.15) is 22.2 Å². The lowest BCUT2D eigenvalue weighted by atomic mass is 9.99. The average Bonchev–Trinajstić information content (AvgIpc) is 3.42. The van der Waals surface area contributed by atoms with Gasteiger partial charge in [-0.05, 0) is 41.8 Å². The zero-order chi connectivity index (χ0) is 22.2. The number of rotatable bonds is 4. The van der Waals surface area contributed by atoms with Crippen molar-refractivity contribution in [2.24, 2.45) is 0 Å². The predicted molar refractivity (Wildman–Crippen MR) is 122 cm³/mol. The van der Waals surface area contributed by atoms with Gasteiger partial charge in [0, 0.05) is 23.7 Å². The number of carbonyl (C=O) groups excluding carboxylic acids is 2. The second kappa shape index (κ2) is 8.12. The second-order valence-corrected chi connectivity index (χ2v) is 8.70. The molecule has 0 radical (unpaired) electrons. The van der Waals surface area contributed by atoms with Gasteiger partial charge in [0.1, 0.15) is 24.2 Å². The van der Waals surface area contributed by atoms with E-state index in [2.05, 4.69) is 4.98 Å². The summed E-state index contributed by atoms with van der Waals surface area (Å²) in [7, 11) is 1.95. The smallest absolute Gasteiger partial charge is 0.296 e. The molecular weight excluding hydrogens is 426 g/mol. The molecule has 7 nitrogen and oxygen atoms in total. The minimum absolute atomic E-state index is 0.0905. The summed E-state index contributed by atoms with van der Waals surface area (Å²) in [5, 5.41) is 13.1. The zero-order valence-corrected chi connectivity index (χ0v) is 18.2. The topological polar surface area (TPSA) is 83.0 Å². The summed E-state index contributed by atoms with van der Waals surface area (Å²) in [6.07, 6.45) is 1.65. The summed E-state index contributed by atoms with van der Waals surface area (Å²) in [5.74, 6) is -0.805. The van der Waals surface area contributed by atoms with E-state index in [4.69, 9.17) is 4.74 Å². The van der Waals surface area contributed by atoms with Gasteiger partial charge in [-0.25, -0.2) is 0 Å². The van der Waals surface area contributed by atoms with Gasteiger partial charge in [-0.1, -0.05) is 12.1 Å². The van der Waals surface area contributed by atoms with Crippen LogP contribution in [0.2, 0.25) is 0 Å².